The summed E-state index contributed by atoms with van der Waals surface area (Å²) in [6.45, 7) is 3.52. The van der Waals surface area contributed by atoms with Crippen molar-refractivity contribution in [2.75, 3.05) is 7.11 Å². The Labute approximate surface area is 86.0 Å². The van der Waals surface area contributed by atoms with Crippen molar-refractivity contribution < 1.29 is 9.84 Å². The topological polar surface area (TPSA) is 29.5 Å². The van der Waals surface area contributed by atoms with Crippen molar-refractivity contribution in [1.29, 1.82) is 0 Å². The lowest BCUT2D eigenvalue weighted by atomic mass is 10.1. The first-order chi connectivity index (χ1) is 6.19. The summed E-state index contributed by atoms with van der Waals surface area (Å²) < 4.78 is 5.84. The number of benzene rings is 1. The van der Waals surface area contributed by atoms with E-state index in [-0.39, 0.29) is 0 Å². The fourth-order valence-electron chi connectivity index (χ4n) is 1.00. The Bertz CT molecular complexity index is 310. The van der Waals surface area contributed by atoms with Crippen LogP contribution in [0.5, 0.6) is 5.75 Å². The van der Waals surface area contributed by atoms with Gasteiger partial charge in [0.1, 0.15) is 5.75 Å². The van der Waals surface area contributed by atoms with Gasteiger partial charge in [0.2, 0.25) is 0 Å². The molecule has 0 fully saturated rings. The van der Waals surface area contributed by atoms with Crippen molar-refractivity contribution in [1.82, 2.24) is 0 Å². The molecule has 1 atom stereocenters. The molecular weight excluding hydrogens is 232 g/mol. The van der Waals surface area contributed by atoms with Gasteiger partial charge in [-0.3, -0.25) is 0 Å². The van der Waals surface area contributed by atoms with Gasteiger partial charge in [0, 0.05) is 4.47 Å². The molecule has 1 rings (SSSR count). The monoisotopic (exact) mass is 242 g/mol. The van der Waals surface area contributed by atoms with Crippen LogP contribution in [0.4, 0.5) is 0 Å². The molecule has 0 saturated carbocycles. The van der Waals surface area contributed by atoms with Gasteiger partial charge in [-0.1, -0.05) is 28.1 Å². The Balaban J connectivity index is 3.04. The molecular formula is C10H11BrO2. The minimum Gasteiger partial charge on any atom is -0.497 e. The van der Waals surface area contributed by atoms with Gasteiger partial charge in [0.15, 0.2) is 0 Å². The van der Waals surface area contributed by atoms with Gasteiger partial charge in [-0.2, -0.15) is 0 Å². The third kappa shape index (κ3) is 2.32. The van der Waals surface area contributed by atoms with Crippen LogP contribution in [0.1, 0.15) is 11.7 Å². The van der Waals surface area contributed by atoms with Crippen LogP contribution in [0.25, 0.3) is 0 Å². The molecule has 1 aromatic rings. The minimum atomic E-state index is -0.639. The molecule has 0 radical (unpaired) electrons. The van der Waals surface area contributed by atoms with E-state index in [0.29, 0.717) is 0 Å². The van der Waals surface area contributed by atoms with E-state index in [1.807, 2.05) is 6.07 Å². The Hall–Kier alpha value is -0.800. The standard InChI is InChI=1S/C10H11BrO2/c1-3-10(12)8-5-4-7(13-2)6-9(8)11/h3-6,10,12H,1H2,2H3. The summed E-state index contributed by atoms with van der Waals surface area (Å²) in [5.74, 6) is 0.756. The highest BCUT2D eigenvalue weighted by atomic mass is 79.9. The fourth-order valence-corrected chi connectivity index (χ4v) is 1.59. The molecule has 0 aliphatic heterocycles. The highest BCUT2D eigenvalue weighted by Gasteiger charge is 2.07. The number of ether oxygens (including phenoxy) is 1. The average Bonchev–Trinajstić information content (AvgIpc) is 2.16. The lowest BCUT2D eigenvalue weighted by Crippen LogP contribution is -1.94. The first-order valence-electron chi connectivity index (χ1n) is 3.83. The zero-order chi connectivity index (χ0) is 9.84. The maximum atomic E-state index is 9.48. The summed E-state index contributed by atoms with van der Waals surface area (Å²) in [6, 6.07) is 5.41. The van der Waals surface area contributed by atoms with Crippen LogP contribution in [0.3, 0.4) is 0 Å². The largest absolute Gasteiger partial charge is 0.497 e. The molecule has 1 N–H and O–H groups in total. The third-order valence-corrected chi connectivity index (χ3v) is 2.44. The maximum Gasteiger partial charge on any atom is 0.120 e. The van der Waals surface area contributed by atoms with Crippen LogP contribution in [0.15, 0.2) is 35.3 Å². The van der Waals surface area contributed by atoms with Crippen LogP contribution in [0, 0.1) is 0 Å². The van der Waals surface area contributed by atoms with Gasteiger partial charge in [-0.05, 0) is 17.7 Å². The van der Waals surface area contributed by atoms with Crippen molar-refractivity contribution in [3.05, 3.63) is 40.9 Å². The summed E-state index contributed by atoms with van der Waals surface area (Å²) in [5.41, 5.74) is 0.788. The second kappa shape index (κ2) is 4.44. The number of methoxy groups -OCH3 is 1. The van der Waals surface area contributed by atoms with Crippen LogP contribution < -0.4 is 4.74 Å². The van der Waals surface area contributed by atoms with E-state index < -0.39 is 6.10 Å². The molecule has 0 saturated heterocycles. The predicted molar refractivity (Wildman–Crippen MR) is 55.9 cm³/mol. The number of rotatable bonds is 3. The molecule has 0 spiro atoms. The molecule has 0 amide bonds. The van der Waals surface area contributed by atoms with Crippen molar-refractivity contribution in [2.45, 2.75) is 6.10 Å². The van der Waals surface area contributed by atoms with Gasteiger partial charge in [0.05, 0.1) is 13.2 Å². The maximum absolute atomic E-state index is 9.48. The summed E-state index contributed by atoms with van der Waals surface area (Å²) in [6.07, 6.45) is 0.840. The Morgan fingerprint density at radius 3 is 2.77 bits per heavy atom. The highest BCUT2D eigenvalue weighted by molar-refractivity contribution is 9.10. The molecule has 0 aliphatic rings. The normalized spacial score (nSPS) is 12.2. The Morgan fingerprint density at radius 2 is 2.31 bits per heavy atom. The Morgan fingerprint density at radius 1 is 1.62 bits per heavy atom. The van der Waals surface area contributed by atoms with E-state index in [9.17, 15) is 5.11 Å². The van der Waals surface area contributed by atoms with E-state index in [0.717, 1.165) is 15.8 Å². The smallest absolute Gasteiger partial charge is 0.120 e. The number of halogens is 1. The molecule has 1 aromatic carbocycles. The average molecular weight is 243 g/mol. The summed E-state index contributed by atoms with van der Waals surface area (Å²) in [4.78, 5) is 0. The lowest BCUT2D eigenvalue weighted by molar-refractivity contribution is 0.228. The van der Waals surface area contributed by atoms with Crippen molar-refractivity contribution in [3.63, 3.8) is 0 Å². The lowest BCUT2D eigenvalue weighted by Gasteiger charge is -2.09. The number of hydrogen-bond donors (Lipinski definition) is 1. The van der Waals surface area contributed by atoms with Crippen LogP contribution >= 0.6 is 15.9 Å². The SMILES string of the molecule is C=CC(O)c1ccc(OC)cc1Br. The first-order valence-corrected chi connectivity index (χ1v) is 4.62. The molecule has 2 nitrogen and oxygen atoms in total. The molecule has 0 aliphatic carbocycles. The van der Waals surface area contributed by atoms with Gasteiger partial charge >= 0.3 is 0 Å². The summed E-state index contributed by atoms with van der Waals surface area (Å²) >= 11 is 3.34. The first kappa shape index (κ1) is 10.3. The highest BCUT2D eigenvalue weighted by Crippen LogP contribution is 2.27. The number of aliphatic hydroxyl groups excluding tert-OH is 1. The predicted octanol–water partition coefficient (Wildman–Crippen LogP) is 2.68. The van der Waals surface area contributed by atoms with E-state index >= 15 is 0 Å². The van der Waals surface area contributed by atoms with Crippen LogP contribution in [0.2, 0.25) is 0 Å². The van der Waals surface area contributed by atoms with E-state index in [1.165, 1.54) is 6.08 Å². The van der Waals surface area contributed by atoms with E-state index in [2.05, 4.69) is 22.5 Å². The van der Waals surface area contributed by atoms with Crippen LogP contribution in [-0.4, -0.2) is 12.2 Å². The molecule has 0 bridgehead atoms. The van der Waals surface area contributed by atoms with Crippen LogP contribution in [-0.2, 0) is 0 Å². The second-order valence-electron chi connectivity index (χ2n) is 2.57. The van der Waals surface area contributed by atoms with Gasteiger partial charge in [0.25, 0.3) is 0 Å². The molecule has 0 aromatic heterocycles. The van der Waals surface area contributed by atoms with Gasteiger partial charge < -0.3 is 9.84 Å². The zero-order valence-electron chi connectivity index (χ0n) is 7.33. The summed E-state index contributed by atoms with van der Waals surface area (Å²) in [7, 11) is 1.60. The molecule has 0 heterocycles. The third-order valence-electron chi connectivity index (χ3n) is 1.75. The fraction of sp³-hybridized carbons (Fsp3) is 0.200. The summed E-state index contributed by atoms with van der Waals surface area (Å²) in [5, 5.41) is 9.48. The van der Waals surface area contributed by atoms with Gasteiger partial charge in [-0.25, -0.2) is 0 Å². The van der Waals surface area contributed by atoms with Crippen molar-refractivity contribution in [3.8, 4) is 5.75 Å². The van der Waals surface area contributed by atoms with E-state index in [4.69, 9.17) is 4.74 Å². The molecule has 1 unspecified atom stereocenters. The van der Waals surface area contributed by atoms with Crippen molar-refractivity contribution in [2.24, 2.45) is 0 Å². The number of aliphatic hydroxyl groups is 1. The van der Waals surface area contributed by atoms with Gasteiger partial charge in [-0.15, -0.1) is 6.58 Å². The second-order valence-corrected chi connectivity index (χ2v) is 3.42. The Kier molecular flexibility index (Phi) is 3.51. The quantitative estimate of drug-likeness (QED) is 0.827. The molecule has 3 heteroatoms. The van der Waals surface area contributed by atoms with Crippen molar-refractivity contribution >= 4 is 15.9 Å². The minimum absolute atomic E-state index is 0.639. The zero-order valence-corrected chi connectivity index (χ0v) is 8.91. The number of hydrogen-bond acceptors (Lipinski definition) is 2. The molecule has 70 valence electrons. The van der Waals surface area contributed by atoms with E-state index in [1.54, 1.807) is 19.2 Å². The molecule has 13 heavy (non-hydrogen) atoms.